The zero-order chi connectivity index (χ0) is 14.6. The van der Waals surface area contributed by atoms with Gasteiger partial charge in [0.05, 0.1) is 25.8 Å². The van der Waals surface area contributed by atoms with Crippen LogP contribution >= 0.6 is 0 Å². The molecule has 1 amide bonds. The first kappa shape index (κ1) is 15.3. The number of carbonyl (C=O) groups excluding carboxylic acids is 1. The van der Waals surface area contributed by atoms with E-state index in [-0.39, 0.29) is 11.9 Å². The Kier molecular flexibility index (Phi) is 4.78. The van der Waals surface area contributed by atoms with E-state index in [0.29, 0.717) is 11.5 Å². The van der Waals surface area contributed by atoms with Crippen LogP contribution in [0.2, 0.25) is 0 Å². The fourth-order valence-corrected chi connectivity index (χ4v) is 1.64. The van der Waals surface area contributed by atoms with Crippen LogP contribution in [0.15, 0.2) is 18.2 Å². The Morgan fingerprint density at radius 3 is 2.42 bits per heavy atom. The number of benzene rings is 1. The Labute approximate surface area is 114 Å². The van der Waals surface area contributed by atoms with E-state index in [4.69, 9.17) is 15.2 Å². The van der Waals surface area contributed by atoms with Crippen LogP contribution in [0.5, 0.6) is 11.5 Å². The highest BCUT2D eigenvalue weighted by molar-refractivity contribution is 5.85. The molecule has 1 aromatic carbocycles. The SMILES string of the molecule is COc1ccc(OC)c(C(C)NC(=O)C(C)(C)N)c1. The molecular formula is C14H22N2O3. The average molecular weight is 266 g/mol. The third kappa shape index (κ3) is 3.86. The molecule has 0 radical (unpaired) electrons. The molecule has 0 bridgehead atoms. The molecule has 0 spiro atoms. The maximum atomic E-state index is 11.9. The molecule has 1 unspecified atom stereocenters. The normalized spacial score (nSPS) is 12.7. The second kappa shape index (κ2) is 5.93. The average Bonchev–Trinajstić information content (AvgIpc) is 2.36. The molecule has 106 valence electrons. The lowest BCUT2D eigenvalue weighted by Crippen LogP contribution is -2.49. The van der Waals surface area contributed by atoms with E-state index in [1.165, 1.54) is 0 Å². The number of amides is 1. The maximum Gasteiger partial charge on any atom is 0.239 e. The fraction of sp³-hybridized carbons (Fsp3) is 0.500. The molecule has 0 saturated heterocycles. The van der Waals surface area contributed by atoms with Crippen LogP contribution in [0, 0.1) is 0 Å². The second-order valence-electron chi connectivity index (χ2n) is 5.02. The van der Waals surface area contributed by atoms with E-state index in [1.54, 1.807) is 28.1 Å². The van der Waals surface area contributed by atoms with E-state index in [1.807, 2.05) is 25.1 Å². The van der Waals surface area contributed by atoms with Crippen LogP contribution in [-0.2, 0) is 4.79 Å². The van der Waals surface area contributed by atoms with Crippen molar-refractivity contribution in [3.63, 3.8) is 0 Å². The third-order valence-electron chi connectivity index (χ3n) is 2.84. The molecule has 5 nitrogen and oxygen atoms in total. The standard InChI is InChI=1S/C14H22N2O3/c1-9(16-13(17)14(2,3)15)11-8-10(18-4)6-7-12(11)19-5/h6-9H,15H2,1-5H3,(H,16,17). The molecule has 0 heterocycles. The number of ether oxygens (including phenoxy) is 2. The van der Waals surface area contributed by atoms with Crippen molar-refractivity contribution in [3.05, 3.63) is 23.8 Å². The summed E-state index contributed by atoms with van der Waals surface area (Å²) in [7, 11) is 3.19. The monoisotopic (exact) mass is 266 g/mol. The molecule has 0 aliphatic rings. The van der Waals surface area contributed by atoms with Gasteiger partial charge in [0.2, 0.25) is 5.91 Å². The van der Waals surface area contributed by atoms with Crippen molar-refractivity contribution in [1.29, 1.82) is 0 Å². The molecule has 3 N–H and O–H groups in total. The molecule has 1 aromatic rings. The molecular weight excluding hydrogens is 244 g/mol. The van der Waals surface area contributed by atoms with Gasteiger partial charge in [-0.25, -0.2) is 0 Å². The topological polar surface area (TPSA) is 73.6 Å². The minimum absolute atomic E-state index is 0.218. The van der Waals surface area contributed by atoms with Crippen LogP contribution < -0.4 is 20.5 Å². The number of nitrogens with two attached hydrogens (primary N) is 1. The van der Waals surface area contributed by atoms with E-state index in [2.05, 4.69) is 5.32 Å². The molecule has 0 fully saturated rings. The van der Waals surface area contributed by atoms with Gasteiger partial charge >= 0.3 is 0 Å². The first-order chi connectivity index (χ1) is 8.79. The van der Waals surface area contributed by atoms with Crippen LogP contribution in [-0.4, -0.2) is 25.7 Å². The summed E-state index contributed by atoms with van der Waals surface area (Å²) in [6.45, 7) is 5.21. The summed E-state index contributed by atoms with van der Waals surface area (Å²) >= 11 is 0. The summed E-state index contributed by atoms with van der Waals surface area (Å²) in [4.78, 5) is 11.9. The Bertz CT molecular complexity index is 452. The van der Waals surface area contributed by atoms with Crippen LogP contribution in [0.4, 0.5) is 0 Å². The van der Waals surface area contributed by atoms with Crippen molar-refractivity contribution in [3.8, 4) is 11.5 Å². The van der Waals surface area contributed by atoms with Crippen molar-refractivity contribution in [2.75, 3.05) is 14.2 Å². The summed E-state index contributed by atoms with van der Waals surface area (Å²) in [6.07, 6.45) is 0. The number of rotatable bonds is 5. The predicted molar refractivity (Wildman–Crippen MR) is 74.4 cm³/mol. The highest BCUT2D eigenvalue weighted by Crippen LogP contribution is 2.29. The molecule has 1 atom stereocenters. The van der Waals surface area contributed by atoms with Gasteiger partial charge < -0.3 is 20.5 Å². The van der Waals surface area contributed by atoms with Gasteiger partial charge in [-0.1, -0.05) is 0 Å². The Hall–Kier alpha value is -1.75. The Balaban J connectivity index is 2.98. The molecule has 0 saturated carbocycles. The minimum atomic E-state index is -0.916. The first-order valence-corrected chi connectivity index (χ1v) is 6.11. The van der Waals surface area contributed by atoms with E-state index >= 15 is 0 Å². The number of nitrogens with one attached hydrogen (secondary N) is 1. The number of hydrogen-bond acceptors (Lipinski definition) is 4. The lowest BCUT2D eigenvalue weighted by molar-refractivity contribution is -0.125. The summed E-state index contributed by atoms with van der Waals surface area (Å²) in [5, 5.41) is 2.86. The fourth-order valence-electron chi connectivity index (χ4n) is 1.64. The highest BCUT2D eigenvalue weighted by atomic mass is 16.5. The van der Waals surface area contributed by atoms with E-state index < -0.39 is 5.54 Å². The molecule has 0 aliphatic heterocycles. The zero-order valence-electron chi connectivity index (χ0n) is 12.1. The van der Waals surface area contributed by atoms with Gasteiger partial charge in [-0.3, -0.25) is 4.79 Å². The van der Waals surface area contributed by atoms with Crippen molar-refractivity contribution in [1.82, 2.24) is 5.32 Å². The van der Waals surface area contributed by atoms with Crippen molar-refractivity contribution in [2.24, 2.45) is 5.73 Å². The minimum Gasteiger partial charge on any atom is -0.497 e. The van der Waals surface area contributed by atoms with Gasteiger partial charge in [0.25, 0.3) is 0 Å². The van der Waals surface area contributed by atoms with Crippen LogP contribution in [0.3, 0.4) is 0 Å². The van der Waals surface area contributed by atoms with Gasteiger partial charge in [-0.2, -0.15) is 0 Å². The number of hydrogen-bond donors (Lipinski definition) is 2. The smallest absolute Gasteiger partial charge is 0.239 e. The van der Waals surface area contributed by atoms with Crippen molar-refractivity contribution < 1.29 is 14.3 Å². The van der Waals surface area contributed by atoms with E-state index in [0.717, 1.165) is 5.56 Å². The van der Waals surface area contributed by atoms with Crippen molar-refractivity contribution >= 4 is 5.91 Å². The lowest BCUT2D eigenvalue weighted by atomic mass is 10.0. The quantitative estimate of drug-likeness (QED) is 0.849. The number of carbonyl (C=O) groups is 1. The molecule has 0 aromatic heterocycles. The van der Waals surface area contributed by atoms with Gasteiger partial charge in [0.15, 0.2) is 0 Å². The summed E-state index contributed by atoms with van der Waals surface area (Å²) in [5.74, 6) is 1.19. The Morgan fingerprint density at radius 1 is 1.32 bits per heavy atom. The summed E-state index contributed by atoms with van der Waals surface area (Å²) in [6, 6.07) is 5.24. The summed E-state index contributed by atoms with van der Waals surface area (Å²) in [5.41, 5.74) is 5.69. The second-order valence-corrected chi connectivity index (χ2v) is 5.02. The molecule has 0 aliphatic carbocycles. The highest BCUT2D eigenvalue weighted by Gasteiger charge is 2.24. The van der Waals surface area contributed by atoms with Crippen LogP contribution in [0.1, 0.15) is 32.4 Å². The zero-order valence-corrected chi connectivity index (χ0v) is 12.1. The Morgan fingerprint density at radius 2 is 1.95 bits per heavy atom. The largest absolute Gasteiger partial charge is 0.497 e. The van der Waals surface area contributed by atoms with Crippen molar-refractivity contribution in [2.45, 2.75) is 32.4 Å². The third-order valence-corrected chi connectivity index (χ3v) is 2.84. The number of methoxy groups -OCH3 is 2. The molecule has 5 heteroatoms. The molecule has 1 rings (SSSR count). The van der Waals surface area contributed by atoms with Gasteiger partial charge in [0.1, 0.15) is 11.5 Å². The summed E-state index contributed by atoms with van der Waals surface area (Å²) < 4.78 is 10.5. The predicted octanol–water partition coefficient (Wildman–Crippen LogP) is 1.62. The maximum absolute atomic E-state index is 11.9. The molecule has 19 heavy (non-hydrogen) atoms. The van der Waals surface area contributed by atoms with Crippen LogP contribution in [0.25, 0.3) is 0 Å². The van der Waals surface area contributed by atoms with E-state index in [9.17, 15) is 4.79 Å². The van der Waals surface area contributed by atoms with Gasteiger partial charge in [-0.05, 0) is 39.0 Å². The van der Waals surface area contributed by atoms with Gasteiger partial charge in [-0.15, -0.1) is 0 Å². The lowest BCUT2D eigenvalue weighted by Gasteiger charge is -2.23. The first-order valence-electron chi connectivity index (χ1n) is 6.11. The van der Waals surface area contributed by atoms with Gasteiger partial charge in [0, 0.05) is 5.56 Å².